The quantitative estimate of drug-likeness (QED) is 0.836. The lowest BCUT2D eigenvalue weighted by Gasteiger charge is -2.23. The molecule has 0 heterocycles. The maximum atomic E-state index is 12.8. The number of methoxy groups -OCH3 is 1. The molecule has 1 aromatic carbocycles. The molecule has 2 rings (SSSR count). The third kappa shape index (κ3) is 3.84. The van der Waals surface area contributed by atoms with Crippen molar-refractivity contribution in [3.63, 3.8) is 0 Å². The van der Waals surface area contributed by atoms with Gasteiger partial charge in [0.2, 0.25) is 0 Å². The molecule has 2 N–H and O–H groups in total. The summed E-state index contributed by atoms with van der Waals surface area (Å²) in [4.78, 5) is 14.7. The molecule has 4 heteroatoms. The first-order chi connectivity index (χ1) is 10.2. The van der Waals surface area contributed by atoms with E-state index in [2.05, 4.69) is 11.8 Å². The van der Waals surface area contributed by atoms with E-state index in [4.69, 9.17) is 10.5 Å². The van der Waals surface area contributed by atoms with Crippen LogP contribution in [0.3, 0.4) is 0 Å². The molecule has 0 aromatic heterocycles. The van der Waals surface area contributed by atoms with Gasteiger partial charge in [0.1, 0.15) is 0 Å². The molecular formula is C17H22N2O2. The second-order valence-corrected chi connectivity index (χ2v) is 5.21. The highest BCUT2D eigenvalue weighted by Crippen LogP contribution is 2.29. The fraction of sp³-hybridized carbons (Fsp3) is 0.471. The third-order valence-electron chi connectivity index (χ3n) is 3.67. The highest BCUT2D eigenvalue weighted by Gasteiger charge is 2.33. The van der Waals surface area contributed by atoms with Crippen LogP contribution in [0.25, 0.3) is 0 Å². The van der Waals surface area contributed by atoms with Crippen molar-refractivity contribution in [1.82, 2.24) is 4.90 Å². The molecule has 1 saturated carbocycles. The average molecular weight is 286 g/mol. The van der Waals surface area contributed by atoms with Gasteiger partial charge >= 0.3 is 0 Å². The molecule has 1 amide bonds. The number of hydrogen-bond acceptors (Lipinski definition) is 3. The summed E-state index contributed by atoms with van der Waals surface area (Å²) in [6.07, 6.45) is 2.17. The Hall–Kier alpha value is -1.83. The number of carbonyl (C=O) groups is 1. The lowest BCUT2D eigenvalue weighted by molar-refractivity contribution is 0.0679. The molecule has 21 heavy (non-hydrogen) atoms. The van der Waals surface area contributed by atoms with E-state index in [0.717, 1.165) is 29.5 Å². The van der Waals surface area contributed by atoms with Gasteiger partial charge in [-0.3, -0.25) is 4.79 Å². The van der Waals surface area contributed by atoms with Crippen LogP contribution in [0.1, 0.15) is 34.3 Å². The minimum Gasteiger partial charge on any atom is -0.383 e. The van der Waals surface area contributed by atoms with Crippen LogP contribution in [0.4, 0.5) is 0 Å². The molecule has 0 aliphatic heterocycles. The summed E-state index contributed by atoms with van der Waals surface area (Å²) in [5.41, 5.74) is 7.93. The molecule has 1 aliphatic carbocycles. The van der Waals surface area contributed by atoms with Gasteiger partial charge in [-0.15, -0.1) is 0 Å². The van der Waals surface area contributed by atoms with Gasteiger partial charge in [0.25, 0.3) is 5.91 Å². The van der Waals surface area contributed by atoms with Gasteiger partial charge in [-0.25, -0.2) is 0 Å². The van der Waals surface area contributed by atoms with Crippen molar-refractivity contribution in [3.05, 3.63) is 34.9 Å². The van der Waals surface area contributed by atoms with Gasteiger partial charge in [-0.2, -0.15) is 0 Å². The van der Waals surface area contributed by atoms with E-state index in [0.29, 0.717) is 25.7 Å². The zero-order chi connectivity index (χ0) is 15.2. The first-order valence-corrected chi connectivity index (χ1v) is 7.27. The molecule has 1 aliphatic rings. The molecular weight excluding hydrogens is 264 g/mol. The Morgan fingerprint density at radius 1 is 1.48 bits per heavy atom. The van der Waals surface area contributed by atoms with Crippen molar-refractivity contribution in [3.8, 4) is 11.8 Å². The molecule has 0 spiro atoms. The van der Waals surface area contributed by atoms with E-state index in [1.807, 2.05) is 30.0 Å². The maximum Gasteiger partial charge on any atom is 0.254 e. The Morgan fingerprint density at radius 3 is 2.86 bits per heavy atom. The van der Waals surface area contributed by atoms with Crippen molar-refractivity contribution in [2.24, 2.45) is 5.73 Å². The maximum absolute atomic E-state index is 12.8. The molecule has 0 unspecified atom stereocenters. The lowest BCUT2D eigenvalue weighted by atomic mass is 10.0. The first-order valence-electron chi connectivity index (χ1n) is 7.27. The van der Waals surface area contributed by atoms with Gasteiger partial charge in [0, 0.05) is 30.8 Å². The lowest BCUT2D eigenvalue weighted by Crippen LogP contribution is -2.36. The Balaban J connectivity index is 2.25. The van der Waals surface area contributed by atoms with Crippen molar-refractivity contribution >= 4 is 5.91 Å². The highest BCUT2D eigenvalue weighted by molar-refractivity contribution is 5.96. The normalized spacial score (nSPS) is 13.5. The highest BCUT2D eigenvalue weighted by atomic mass is 16.5. The van der Waals surface area contributed by atoms with Gasteiger partial charge in [0.15, 0.2) is 0 Å². The Bertz CT molecular complexity index is 568. The van der Waals surface area contributed by atoms with Gasteiger partial charge < -0.3 is 15.4 Å². The first kappa shape index (κ1) is 15.6. The number of hydrogen-bond donors (Lipinski definition) is 1. The molecule has 0 bridgehead atoms. The van der Waals surface area contributed by atoms with Crippen LogP contribution in [0.2, 0.25) is 0 Å². The van der Waals surface area contributed by atoms with Crippen LogP contribution < -0.4 is 5.73 Å². The molecule has 112 valence electrons. The van der Waals surface area contributed by atoms with Gasteiger partial charge in [0.05, 0.1) is 13.2 Å². The SMILES string of the molecule is COCCN(C(=O)c1cccc(C#CCN)c1C)C1CC1. The fourth-order valence-corrected chi connectivity index (χ4v) is 2.33. The van der Waals surface area contributed by atoms with E-state index < -0.39 is 0 Å². The Morgan fingerprint density at radius 2 is 2.24 bits per heavy atom. The second kappa shape index (κ2) is 7.26. The summed E-state index contributed by atoms with van der Waals surface area (Å²) in [7, 11) is 1.66. The van der Waals surface area contributed by atoms with E-state index in [9.17, 15) is 4.79 Å². The summed E-state index contributed by atoms with van der Waals surface area (Å²) in [5, 5.41) is 0. The predicted octanol–water partition coefficient (Wildman–Crippen LogP) is 1.56. The predicted molar refractivity (Wildman–Crippen MR) is 83.0 cm³/mol. The van der Waals surface area contributed by atoms with Gasteiger partial charge in [-0.1, -0.05) is 17.9 Å². The fourth-order valence-electron chi connectivity index (χ4n) is 2.33. The molecule has 0 saturated heterocycles. The van der Waals surface area contributed by atoms with Crippen LogP contribution in [0.5, 0.6) is 0 Å². The Kier molecular flexibility index (Phi) is 5.38. The topological polar surface area (TPSA) is 55.6 Å². The summed E-state index contributed by atoms with van der Waals surface area (Å²) in [5.74, 6) is 5.94. The molecule has 0 radical (unpaired) electrons. The average Bonchev–Trinajstić information content (AvgIpc) is 3.31. The molecule has 4 nitrogen and oxygen atoms in total. The number of amides is 1. The minimum absolute atomic E-state index is 0.0726. The number of rotatable bonds is 5. The van der Waals surface area contributed by atoms with Crippen LogP contribution in [-0.4, -0.2) is 43.7 Å². The Labute approximate surface area is 126 Å². The standard InChI is InChI=1S/C17H22N2O2/c1-13-14(6-4-10-18)5-3-7-16(13)17(20)19(11-12-21-2)15-8-9-15/h3,5,7,15H,8-12,18H2,1-2H3. The molecule has 1 fully saturated rings. The number of carbonyl (C=O) groups excluding carboxylic acids is 1. The number of nitrogens with zero attached hydrogens (tertiary/aromatic N) is 1. The van der Waals surface area contributed by atoms with Crippen LogP contribution in [0.15, 0.2) is 18.2 Å². The van der Waals surface area contributed by atoms with E-state index in [1.165, 1.54) is 0 Å². The van der Waals surface area contributed by atoms with Crippen LogP contribution in [0, 0.1) is 18.8 Å². The summed E-state index contributed by atoms with van der Waals surface area (Å²) < 4.78 is 5.11. The van der Waals surface area contributed by atoms with Gasteiger partial charge in [-0.05, 0) is 37.5 Å². The summed E-state index contributed by atoms with van der Waals surface area (Å²) >= 11 is 0. The summed E-state index contributed by atoms with van der Waals surface area (Å²) in [6, 6.07) is 6.03. The molecule has 1 aromatic rings. The molecule has 0 atom stereocenters. The van der Waals surface area contributed by atoms with E-state index >= 15 is 0 Å². The number of benzene rings is 1. The van der Waals surface area contributed by atoms with Crippen molar-refractivity contribution < 1.29 is 9.53 Å². The van der Waals surface area contributed by atoms with E-state index in [-0.39, 0.29) is 5.91 Å². The number of ether oxygens (including phenoxy) is 1. The van der Waals surface area contributed by atoms with E-state index in [1.54, 1.807) is 7.11 Å². The second-order valence-electron chi connectivity index (χ2n) is 5.21. The zero-order valence-corrected chi connectivity index (χ0v) is 12.7. The third-order valence-corrected chi connectivity index (χ3v) is 3.67. The minimum atomic E-state index is 0.0726. The van der Waals surface area contributed by atoms with Crippen molar-refractivity contribution in [2.45, 2.75) is 25.8 Å². The zero-order valence-electron chi connectivity index (χ0n) is 12.7. The number of nitrogens with two attached hydrogens (primary N) is 1. The summed E-state index contributed by atoms with van der Waals surface area (Å²) in [6.45, 7) is 3.46. The smallest absolute Gasteiger partial charge is 0.254 e. The monoisotopic (exact) mass is 286 g/mol. The van der Waals surface area contributed by atoms with Crippen molar-refractivity contribution in [1.29, 1.82) is 0 Å². The van der Waals surface area contributed by atoms with Crippen molar-refractivity contribution in [2.75, 3.05) is 26.8 Å². The largest absolute Gasteiger partial charge is 0.383 e. The van der Waals surface area contributed by atoms with Crippen LogP contribution in [-0.2, 0) is 4.74 Å². The van der Waals surface area contributed by atoms with Crippen LogP contribution >= 0.6 is 0 Å².